The van der Waals surface area contributed by atoms with Gasteiger partial charge in [0.25, 0.3) is 5.91 Å². The Labute approximate surface area is 128 Å². The van der Waals surface area contributed by atoms with Gasteiger partial charge in [-0.15, -0.1) is 5.10 Å². The molecule has 0 radical (unpaired) electrons. The molecule has 122 valence electrons. The standard InChI is InChI=1S/C14H23N5O3/c1-17-7-4-10(20)14(8-17)5-3-6-19(9-14)12(21)11-15-13(22)18(2)16-11/h10,20H,3-9H2,1-2H3,(H,15,16,22)/t10-,14-/m0/s1. The largest absolute Gasteiger partial charge is 0.392 e. The molecule has 0 aromatic carbocycles. The summed E-state index contributed by atoms with van der Waals surface area (Å²) in [6, 6.07) is 0. The van der Waals surface area contributed by atoms with Crippen molar-refractivity contribution in [3.63, 3.8) is 0 Å². The number of hydrogen-bond acceptors (Lipinski definition) is 5. The second kappa shape index (κ2) is 5.51. The minimum Gasteiger partial charge on any atom is -0.392 e. The number of aromatic nitrogens is 3. The molecule has 0 unspecified atom stereocenters. The van der Waals surface area contributed by atoms with E-state index < -0.39 is 5.69 Å². The highest BCUT2D eigenvalue weighted by Crippen LogP contribution is 2.38. The van der Waals surface area contributed by atoms with Crippen LogP contribution >= 0.6 is 0 Å². The van der Waals surface area contributed by atoms with E-state index in [0.29, 0.717) is 13.1 Å². The monoisotopic (exact) mass is 309 g/mol. The topological polar surface area (TPSA) is 94.5 Å². The number of carbonyl (C=O) groups is 1. The normalized spacial score (nSPS) is 30.0. The molecule has 2 saturated heterocycles. The lowest BCUT2D eigenvalue weighted by molar-refractivity contribution is -0.0732. The van der Waals surface area contributed by atoms with E-state index in [4.69, 9.17) is 0 Å². The summed E-state index contributed by atoms with van der Waals surface area (Å²) in [7, 11) is 3.55. The molecule has 2 N–H and O–H groups in total. The van der Waals surface area contributed by atoms with E-state index in [1.54, 1.807) is 4.90 Å². The number of aryl methyl sites for hydroxylation is 1. The molecule has 22 heavy (non-hydrogen) atoms. The molecule has 1 aromatic heterocycles. The number of nitrogens with zero attached hydrogens (tertiary/aromatic N) is 4. The molecular formula is C14H23N5O3. The Morgan fingerprint density at radius 1 is 1.36 bits per heavy atom. The van der Waals surface area contributed by atoms with Crippen molar-refractivity contribution in [1.82, 2.24) is 24.6 Å². The lowest BCUT2D eigenvalue weighted by Crippen LogP contribution is -2.59. The van der Waals surface area contributed by atoms with Crippen LogP contribution in [0.4, 0.5) is 0 Å². The lowest BCUT2D eigenvalue weighted by Gasteiger charge is -2.50. The molecular weight excluding hydrogens is 286 g/mol. The van der Waals surface area contributed by atoms with Crippen LogP contribution in [0.1, 0.15) is 29.9 Å². The minimum absolute atomic E-state index is 0.0724. The van der Waals surface area contributed by atoms with Crippen LogP contribution in [0.25, 0.3) is 0 Å². The first-order valence-electron chi connectivity index (χ1n) is 7.70. The molecule has 3 rings (SSSR count). The minimum atomic E-state index is -0.396. The molecule has 8 heteroatoms. The van der Waals surface area contributed by atoms with Gasteiger partial charge in [0.2, 0.25) is 5.82 Å². The number of carbonyl (C=O) groups excluding carboxylic acids is 1. The lowest BCUT2D eigenvalue weighted by atomic mass is 9.71. The number of H-pyrrole nitrogens is 1. The van der Waals surface area contributed by atoms with Crippen LogP contribution in [0.2, 0.25) is 0 Å². The number of amides is 1. The number of rotatable bonds is 1. The molecule has 0 saturated carbocycles. The van der Waals surface area contributed by atoms with E-state index >= 15 is 0 Å². The van der Waals surface area contributed by atoms with Gasteiger partial charge in [0.05, 0.1) is 6.10 Å². The van der Waals surface area contributed by atoms with Crippen molar-refractivity contribution in [2.24, 2.45) is 12.5 Å². The molecule has 3 heterocycles. The second-order valence-corrected chi connectivity index (χ2v) is 6.64. The first-order valence-corrected chi connectivity index (χ1v) is 7.70. The SMILES string of the molecule is CN1CC[C@H](O)[C@@]2(CCCN(C(=O)c3nn(C)c(=O)[nH]3)C2)C1. The number of piperidine rings is 2. The predicted molar refractivity (Wildman–Crippen MR) is 79.5 cm³/mol. The number of aromatic amines is 1. The Balaban J connectivity index is 1.80. The number of hydrogen-bond donors (Lipinski definition) is 2. The van der Waals surface area contributed by atoms with Gasteiger partial charge in [-0.2, -0.15) is 0 Å². The van der Waals surface area contributed by atoms with Crippen LogP contribution in [0.15, 0.2) is 4.79 Å². The molecule has 1 amide bonds. The average molecular weight is 309 g/mol. The van der Waals surface area contributed by atoms with Crippen LogP contribution in [0.5, 0.6) is 0 Å². The van der Waals surface area contributed by atoms with E-state index in [0.717, 1.165) is 37.0 Å². The molecule has 2 atom stereocenters. The third-order valence-corrected chi connectivity index (χ3v) is 4.94. The Morgan fingerprint density at radius 2 is 2.14 bits per heavy atom. The smallest absolute Gasteiger partial charge is 0.343 e. The third-order valence-electron chi connectivity index (χ3n) is 4.94. The van der Waals surface area contributed by atoms with Crippen LogP contribution in [-0.2, 0) is 7.05 Å². The van der Waals surface area contributed by atoms with Gasteiger partial charge in [0.1, 0.15) is 0 Å². The van der Waals surface area contributed by atoms with Crippen molar-refractivity contribution in [1.29, 1.82) is 0 Å². The van der Waals surface area contributed by atoms with Gasteiger partial charge in [-0.05, 0) is 26.3 Å². The summed E-state index contributed by atoms with van der Waals surface area (Å²) >= 11 is 0. The van der Waals surface area contributed by atoms with Gasteiger partial charge in [0, 0.05) is 38.6 Å². The summed E-state index contributed by atoms with van der Waals surface area (Å²) in [5.74, 6) is -0.194. The zero-order valence-electron chi connectivity index (χ0n) is 13.1. The third kappa shape index (κ3) is 2.56. The highest BCUT2D eigenvalue weighted by Gasteiger charge is 2.46. The molecule has 0 bridgehead atoms. The first-order chi connectivity index (χ1) is 10.4. The van der Waals surface area contributed by atoms with Gasteiger partial charge in [-0.25, -0.2) is 9.48 Å². The van der Waals surface area contributed by atoms with E-state index in [-0.39, 0.29) is 23.3 Å². The van der Waals surface area contributed by atoms with Crippen molar-refractivity contribution in [3.8, 4) is 0 Å². The van der Waals surface area contributed by atoms with Gasteiger partial charge in [0.15, 0.2) is 0 Å². The number of aliphatic hydroxyl groups is 1. The van der Waals surface area contributed by atoms with Crippen LogP contribution < -0.4 is 5.69 Å². The fraction of sp³-hybridized carbons (Fsp3) is 0.786. The van der Waals surface area contributed by atoms with Crippen molar-refractivity contribution < 1.29 is 9.90 Å². The molecule has 2 aliphatic heterocycles. The first kappa shape index (κ1) is 15.2. The quantitative estimate of drug-likeness (QED) is 0.696. The Bertz CT molecular complexity index is 624. The molecule has 1 aromatic rings. The average Bonchev–Trinajstić information content (AvgIpc) is 2.82. The van der Waals surface area contributed by atoms with Crippen LogP contribution in [-0.4, -0.2) is 74.9 Å². The van der Waals surface area contributed by atoms with Crippen molar-refractivity contribution >= 4 is 5.91 Å². The Morgan fingerprint density at radius 3 is 2.82 bits per heavy atom. The summed E-state index contributed by atoms with van der Waals surface area (Å²) in [6.07, 6.45) is 2.12. The molecule has 2 aliphatic rings. The maximum atomic E-state index is 12.6. The summed E-state index contributed by atoms with van der Waals surface area (Å²) in [5, 5.41) is 14.4. The predicted octanol–water partition coefficient (Wildman–Crippen LogP) is -0.973. The van der Waals surface area contributed by atoms with E-state index in [1.807, 2.05) is 7.05 Å². The molecule has 2 fully saturated rings. The van der Waals surface area contributed by atoms with Crippen molar-refractivity contribution in [3.05, 3.63) is 16.3 Å². The molecule has 0 aliphatic carbocycles. The van der Waals surface area contributed by atoms with Gasteiger partial charge >= 0.3 is 5.69 Å². The van der Waals surface area contributed by atoms with Crippen molar-refractivity contribution in [2.45, 2.75) is 25.4 Å². The fourth-order valence-corrected chi connectivity index (χ4v) is 3.75. The maximum absolute atomic E-state index is 12.6. The number of likely N-dealkylation sites (tertiary alicyclic amines) is 2. The van der Waals surface area contributed by atoms with Gasteiger partial charge in [-0.3, -0.25) is 9.78 Å². The number of aliphatic hydroxyl groups excluding tert-OH is 1. The highest BCUT2D eigenvalue weighted by atomic mass is 16.3. The molecule has 1 spiro atoms. The van der Waals surface area contributed by atoms with Crippen LogP contribution in [0, 0.1) is 5.41 Å². The number of nitrogens with one attached hydrogen (secondary N) is 1. The highest BCUT2D eigenvalue weighted by molar-refractivity contribution is 5.90. The second-order valence-electron chi connectivity index (χ2n) is 6.64. The fourth-order valence-electron chi connectivity index (χ4n) is 3.75. The molecule has 8 nitrogen and oxygen atoms in total. The zero-order chi connectivity index (χ0) is 15.9. The van der Waals surface area contributed by atoms with E-state index in [1.165, 1.54) is 7.05 Å². The van der Waals surface area contributed by atoms with E-state index in [2.05, 4.69) is 15.0 Å². The Hall–Kier alpha value is -1.67. The summed E-state index contributed by atoms with van der Waals surface area (Å²) in [6.45, 7) is 2.81. The van der Waals surface area contributed by atoms with Crippen molar-refractivity contribution in [2.75, 3.05) is 33.2 Å². The van der Waals surface area contributed by atoms with Gasteiger partial charge < -0.3 is 14.9 Å². The summed E-state index contributed by atoms with van der Waals surface area (Å²) in [4.78, 5) is 30.4. The Kier molecular flexibility index (Phi) is 3.82. The maximum Gasteiger partial charge on any atom is 0.343 e. The summed E-state index contributed by atoms with van der Waals surface area (Å²) in [5.41, 5.74) is -0.664. The summed E-state index contributed by atoms with van der Waals surface area (Å²) < 4.78 is 1.12. The van der Waals surface area contributed by atoms with Crippen LogP contribution in [0.3, 0.4) is 0 Å². The zero-order valence-corrected chi connectivity index (χ0v) is 13.1. The van der Waals surface area contributed by atoms with E-state index in [9.17, 15) is 14.7 Å². The van der Waals surface area contributed by atoms with Gasteiger partial charge in [-0.1, -0.05) is 0 Å².